The van der Waals surface area contributed by atoms with Crippen molar-refractivity contribution in [2.75, 3.05) is 39.9 Å². The maximum absolute atomic E-state index is 12.0. The number of oxime groups is 1. The first-order chi connectivity index (χ1) is 10.1. The Hall–Kier alpha value is -2.05. The zero-order valence-corrected chi connectivity index (χ0v) is 12.9. The van der Waals surface area contributed by atoms with Gasteiger partial charge >= 0.3 is 6.09 Å². The molecule has 0 atom stereocenters. The number of nitrogens with zero attached hydrogens (tertiary/aromatic N) is 3. The van der Waals surface area contributed by atoms with Crippen LogP contribution in [0.1, 0.15) is 20.3 Å². The second-order valence-corrected chi connectivity index (χ2v) is 4.53. The van der Waals surface area contributed by atoms with E-state index in [1.54, 1.807) is 16.0 Å². The van der Waals surface area contributed by atoms with E-state index in [9.17, 15) is 9.59 Å². The summed E-state index contributed by atoms with van der Waals surface area (Å²) in [6, 6.07) is 0. The third-order valence-electron chi connectivity index (χ3n) is 3.20. The van der Waals surface area contributed by atoms with Crippen molar-refractivity contribution in [2.24, 2.45) is 5.16 Å². The maximum atomic E-state index is 12.0. The number of carbonyl (C=O) groups excluding carboxylic acids is 2. The molecule has 0 aromatic rings. The summed E-state index contributed by atoms with van der Waals surface area (Å²) in [6.07, 6.45) is 3.81. The number of rotatable bonds is 6. The van der Waals surface area contributed by atoms with E-state index in [0.717, 1.165) is 12.0 Å². The highest BCUT2D eigenvalue weighted by atomic mass is 16.6. The van der Waals surface area contributed by atoms with E-state index < -0.39 is 6.09 Å². The van der Waals surface area contributed by atoms with Gasteiger partial charge in [-0.3, -0.25) is 4.79 Å². The van der Waals surface area contributed by atoms with E-state index in [-0.39, 0.29) is 12.5 Å². The first-order valence-electron chi connectivity index (χ1n) is 7.07. The van der Waals surface area contributed by atoms with Gasteiger partial charge in [-0.1, -0.05) is 11.2 Å². The molecule has 0 saturated carbocycles. The highest BCUT2D eigenvalue weighted by molar-refractivity contribution is 5.82. The summed E-state index contributed by atoms with van der Waals surface area (Å²) in [7, 11) is 1.46. The van der Waals surface area contributed by atoms with Crippen molar-refractivity contribution in [3.63, 3.8) is 0 Å². The largest absolute Gasteiger partial charge is 0.439 e. The van der Waals surface area contributed by atoms with Crippen molar-refractivity contribution in [3.05, 3.63) is 11.6 Å². The van der Waals surface area contributed by atoms with Gasteiger partial charge in [-0.05, 0) is 25.8 Å². The van der Waals surface area contributed by atoms with Crippen molar-refractivity contribution >= 4 is 18.2 Å². The minimum absolute atomic E-state index is 0.179. The van der Waals surface area contributed by atoms with Crippen molar-refractivity contribution < 1.29 is 19.2 Å². The zero-order chi connectivity index (χ0) is 15.7. The molecule has 0 N–H and O–H groups in total. The van der Waals surface area contributed by atoms with E-state index in [4.69, 9.17) is 4.74 Å². The Morgan fingerprint density at radius 2 is 2.14 bits per heavy atom. The summed E-state index contributed by atoms with van der Waals surface area (Å²) in [5.74, 6) is -0.179. The Bertz CT molecular complexity index is 416. The first kappa shape index (κ1) is 17.0. The molecule has 1 heterocycles. The number of carbonyl (C=O) groups is 2. The number of ether oxygens (including phenoxy) is 1. The van der Waals surface area contributed by atoms with Gasteiger partial charge in [-0.15, -0.1) is 0 Å². The van der Waals surface area contributed by atoms with Crippen LogP contribution < -0.4 is 0 Å². The summed E-state index contributed by atoms with van der Waals surface area (Å²) in [5.41, 5.74) is 0.884. The predicted octanol–water partition coefficient (Wildman–Crippen LogP) is 1.26. The molecule has 1 aliphatic heterocycles. The molecule has 0 aromatic heterocycles. The molecule has 21 heavy (non-hydrogen) atoms. The molecule has 0 bridgehead atoms. The first-order valence-corrected chi connectivity index (χ1v) is 7.07. The van der Waals surface area contributed by atoms with Crippen LogP contribution in [0.15, 0.2) is 16.8 Å². The topological polar surface area (TPSA) is 71.4 Å². The molecular formula is C14H23N3O4. The van der Waals surface area contributed by atoms with Gasteiger partial charge in [0, 0.05) is 19.6 Å². The average molecular weight is 297 g/mol. The fraction of sp³-hybridized carbons (Fsp3) is 0.643. The molecular weight excluding hydrogens is 274 g/mol. The molecule has 0 saturated heterocycles. The van der Waals surface area contributed by atoms with Crippen LogP contribution in [-0.2, 0) is 14.4 Å². The Labute approximate surface area is 125 Å². The lowest BCUT2D eigenvalue weighted by Gasteiger charge is -2.26. The molecule has 0 unspecified atom stereocenters. The fourth-order valence-electron chi connectivity index (χ4n) is 2.02. The second-order valence-electron chi connectivity index (χ2n) is 4.53. The molecule has 0 aromatic carbocycles. The van der Waals surface area contributed by atoms with Crippen LogP contribution >= 0.6 is 0 Å². The molecule has 1 rings (SSSR count). The van der Waals surface area contributed by atoms with Crippen molar-refractivity contribution in [3.8, 4) is 0 Å². The minimum Gasteiger partial charge on any atom is -0.439 e. The number of likely N-dealkylation sites (N-methyl/N-ethyl adjacent to an activating group) is 1. The van der Waals surface area contributed by atoms with Crippen LogP contribution in [-0.4, -0.2) is 67.9 Å². The van der Waals surface area contributed by atoms with Gasteiger partial charge in [0.25, 0.3) is 5.91 Å². The lowest BCUT2D eigenvalue weighted by atomic mass is 10.1. The normalized spacial score (nSPS) is 14.8. The Morgan fingerprint density at radius 1 is 1.43 bits per heavy atom. The number of hydrogen-bond donors (Lipinski definition) is 0. The molecule has 1 aliphatic rings. The van der Waals surface area contributed by atoms with E-state index in [1.165, 1.54) is 7.11 Å². The van der Waals surface area contributed by atoms with Crippen molar-refractivity contribution in [1.82, 2.24) is 9.80 Å². The van der Waals surface area contributed by atoms with Crippen LogP contribution in [0.25, 0.3) is 0 Å². The highest BCUT2D eigenvalue weighted by Gasteiger charge is 2.20. The lowest BCUT2D eigenvalue weighted by molar-refractivity contribution is -0.134. The zero-order valence-electron chi connectivity index (χ0n) is 12.9. The second kappa shape index (κ2) is 8.99. The standard InChI is InChI=1S/C14H23N3O4/c1-4-16(5-2)13(18)11-21-14(19)17-8-6-7-12(10-17)9-15-20-3/h7,9H,4-6,8,10-11H2,1-3H3/b15-9+. The Morgan fingerprint density at radius 3 is 2.76 bits per heavy atom. The van der Waals surface area contributed by atoms with Crippen LogP contribution in [0.5, 0.6) is 0 Å². The fourth-order valence-corrected chi connectivity index (χ4v) is 2.02. The third-order valence-corrected chi connectivity index (χ3v) is 3.20. The van der Waals surface area contributed by atoms with E-state index in [2.05, 4.69) is 9.99 Å². The molecule has 0 radical (unpaired) electrons. The summed E-state index contributed by atoms with van der Waals surface area (Å²) in [6.45, 7) is 5.75. The SMILES string of the molecule is CCN(CC)C(=O)COC(=O)N1CCC=C(/C=N/OC)C1. The van der Waals surface area contributed by atoms with Crippen LogP contribution in [0, 0.1) is 0 Å². The molecule has 118 valence electrons. The summed E-state index contributed by atoms with van der Waals surface area (Å²) >= 11 is 0. The van der Waals surface area contributed by atoms with Crippen LogP contribution in [0.2, 0.25) is 0 Å². The Balaban J connectivity index is 2.44. The van der Waals surface area contributed by atoms with Gasteiger partial charge in [-0.25, -0.2) is 4.79 Å². The third kappa shape index (κ3) is 5.45. The molecule has 7 heteroatoms. The quantitative estimate of drug-likeness (QED) is 0.546. The van der Waals surface area contributed by atoms with Crippen LogP contribution in [0.3, 0.4) is 0 Å². The number of amides is 2. The summed E-state index contributed by atoms with van der Waals surface area (Å²) in [5, 5.41) is 3.68. The highest BCUT2D eigenvalue weighted by Crippen LogP contribution is 2.09. The van der Waals surface area contributed by atoms with Crippen molar-refractivity contribution in [2.45, 2.75) is 20.3 Å². The van der Waals surface area contributed by atoms with Gasteiger partial charge in [0.05, 0.1) is 12.8 Å². The van der Waals surface area contributed by atoms with E-state index in [0.29, 0.717) is 26.2 Å². The van der Waals surface area contributed by atoms with E-state index >= 15 is 0 Å². The van der Waals surface area contributed by atoms with Crippen molar-refractivity contribution in [1.29, 1.82) is 0 Å². The van der Waals surface area contributed by atoms with Crippen LogP contribution in [0.4, 0.5) is 4.79 Å². The molecule has 2 amide bonds. The Kier molecular flexibility index (Phi) is 7.28. The lowest BCUT2D eigenvalue weighted by Crippen LogP contribution is -2.39. The molecule has 7 nitrogen and oxygen atoms in total. The van der Waals surface area contributed by atoms with Gasteiger partial charge in [0.2, 0.25) is 0 Å². The van der Waals surface area contributed by atoms with E-state index in [1.807, 2.05) is 19.9 Å². The molecule has 0 aliphatic carbocycles. The minimum atomic E-state index is -0.480. The summed E-state index contributed by atoms with van der Waals surface area (Å²) in [4.78, 5) is 31.5. The van der Waals surface area contributed by atoms with Gasteiger partial charge in [-0.2, -0.15) is 0 Å². The monoisotopic (exact) mass is 297 g/mol. The molecule has 0 spiro atoms. The van der Waals surface area contributed by atoms with Gasteiger partial charge in [0.1, 0.15) is 7.11 Å². The maximum Gasteiger partial charge on any atom is 0.410 e. The smallest absolute Gasteiger partial charge is 0.410 e. The van der Waals surface area contributed by atoms with Gasteiger partial charge in [0.15, 0.2) is 6.61 Å². The summed E-state index contributed by atoms with van der Waals surface area (Å²) < 4.78 is 5.07. The average Bonchev–Trinajstić information content (AvgIpc) is 2.52. The number of hydrogen-bond acceptors (Lipinski definition) is 5. The van der Waals surface area contributed by atoms with Gasteiger partial charge < -0.3 is 19.4 Å². The molecule has 0 fully saturated rings. The predicted molar refractivity (Wildman–Crippen MR) is 79.1 cm³/mol.